The highest BCUT2D eigenvalue weighted by Gasteiger charge is 2.36. The SMILES string of the molecule is Cc1ccc(CC(=O)N2C[C@@H]3CCCN[C@@H]3C2)cc1. The van der Waals surface area contributed by atoms with Crippen LogP contribution in [0.3, 0.4) is 0 Å². The number of benzene rings is 1. The molecule has 3 rings (SSSR count). The Kier molecular flexibility index (Phi) is 3.56. The highest BCUT2D eigenvalue weighted by molar-refractivity contribution is 5.79. The number of hydrogen-bond acceptors (Lipinski definition) is 2. The van der Waals surface area contributed by atoms with E-state index in [9.17, 15) is 4.79 Å². The minimum absolute atomic E-state index is 0.278. The van der Waals surface area contributed by atoms with E-state index in [2.05, 4.69) is 36.5 Å². The van der Waals surface area contributed by atoms with Gasteiger partial charge in [0.15, 0.2) is 0 Å². The van der Waals surface area contributed by atoms with E-state index in [0.29, 0.717) is 18.4 Å². The van der Waals surface area contributed by atoms with E-state index in [0.717, 1.165) is 25.2 Å². The second-order valence-corrected chi connectivity index (χ2v) is 5.92. The van der Waals surface area contributed by atoms with Crippen LogP contribution in [0.4, 0.5) is 0 Å². The lowest BCUT2D eigenvalue weighted by Crippen LogP contribution is -2.41. The lowest BCUT2D eigenvalue weighted by atomic mass is 9.94. The van der Waals surface area contributed by atoms with Gasteiger partial charge < -0.3 is 10.2 Å². The van der Waals surface area contributed by atoms with E-state index in [-0.39, 0.29) is 5.91 Å². The van der Waals surface area contributed by atoms with Crippen molar-refractivity contribution in [3.8, 4) is 0 Å². The monoisotopic (exact) mass is 258 g/mol. The van der Waals surface area contributed by atoms with Crippen LogP contribution in [0.25, 0.3) is 0 Å². The fourth-order valence-electron chi connectivity index (χ4n) is 3.24. The van der Waals surface area contributed by atoms with Gasteiger partial charge in [0.2, 0.25) is 5.91 Å². The zero-order valence-corrected chi connectivity index (χ0v) is 11.6. The first kappa shape index (κ1) is 12.7. The summed E-state index contributed by atoms with van der Waals surface area (Å²) in [4.78, 5) is 14.4. The molecule has 1 aromatic rings. The van der Waals surface area contributed by atoms with E-state index >= 15 is 0 Å². The van der Waals surface area contributed by atoms with Gasteiger partial charge in [0.25, 0.3) is 0 Å². The Morgan fingerprint density at radius 1 is 1.32 bits per heavy atom. The van der Waals surface area contributed by atoms with Crippen LogP contribution in [0.15, 0.2) is 24.3 Å². The molecule has 1 amide bonds. The molecule has 2 fully saturated rings. The molecular weight excluding hydrogens is 236 g/mol. The van der Waals surface area contributed by atoms with Gasteiger partial charge in [-0.05, 0) is 37.8 Å². The molecule has 0 aliphatic carbocycles. The number of nitrogens with zero attached hydrogens (tertiary/aromatic N) is 1. The second-order valence-electron chi connectivity index (χ2n) is 5.92. The van der Waals surface area contributed by atoms with E-state index in [1.54, 1.807) is 0 Å². The van der Waals surface area contributed by atoms with Crippen molar-refractivity contribution < 1.29 is 4.79 Å². The van der Waals surface area contributed by atoms with Crippen molar-refractivity contribution >= 4 is 5.91 Å². The molecule has 3 heteroatoms. The largest absolute Gasteiger partial charge is 0.341 e. The Morgan fingerprint density at radius 3 is 2.84 bits per heavy atom. The number of amides is 1. The first-order valence-electron chi connectivity index (χ1n) is 7.29. The Morgan fingerprint density at radius 2 is 2.11 bits per heavy atom. The van der Waals surface area contributed by atoms with Crippen molar-refractivity contribution in [2.45, 2.75) is 32.2 Å². The first-order chi connectivity index (χ1) is 9.22. The Hall–Kier alpha value is -1.35. The van der Waals surface area contributed by atoms with Crippen LogP contribution in [0, 0.1) is 12.8 Å². The molecule has 2 aliphatic heterocycles. The van der Waals surface area contributed by atoms with Crippen LogP contribution in [0.2, 0.25) is 0 Å². The standard InChI is InChI=1S/C16H22N2O/c1-12-4-6-13(7-5-12)9-16(19)18-10-14-3-2-8-17-15(14)11-18/h4-7,14-15,17H,2-3,8-11H2,1H3/t14-,15+/m0/s1. The summed E-state index contributed by atoms with van der Waals surface area (Å²) in [5.74, 6) is 0.954. The number of piperidine rings is 1. The van der Waals surface area contributed by atoms with Gasteiger partial charge in [0, 0.05) is 19.1 Å². The summed E-state index contributed by atoms with van der Waals surface area (Å²) >= 11 is 0. The summed E-state index contributed by atoms with van der Waals surface area (Å²) in [5.41, 5.74) is 2.37. The number of hydrogen-bond donors (Lipinski definition) is 1. The van der Waals surface area contributed by atoms with Crippen LogP contribution < -0.4 is 5.32 Å². The van der Waals surface area contributed by atoms with Crippen molar-refractivity contribution in [3.63, 3.8) is 0 Å². The van der Waals surface area contributed by atoms with Crippen LogP contribution in [0.5, 0.6) is 0 Å². The molecule has 0 bridgehead atoms. The number of rotatable bonds is 2. The number of carbonyl (C=O) groups excluding carboxylic acids is 1. The lowest BCUT2D eigenvalue weighted by Gasteiger charge is -2.24. The number of likely N-dealkylation sites (tertiary alicyclic amines) is 1. The molecule has 0 saturated carbocycles. The molecule has 0 spiro atoms. The molecule has 1 aromatic carbocycles. The molecule has 0 aromatic heterocycles. The molecule has 19 heavy (non-hydrogen) atoms. The molecule has 3 nitrogen and oxygen atoms in total. The molecule has 102 valence electrons. The van der Waals surface area contributed by atoms with Gasteiger partial charge in [-0.25, -0.2) is 0 Å². The number of carbonyl (C=O) groups is 1. The zero-order chi connectivity index (χ0) is 13.2. The molecular formula is C16H22N2O. The summed E-state index contributed by atoms with van der Waals surface area (Å²) in [6.07, 6.45) is 3.06. The van der Waals surface area contributed by atoms with Crippen molar-refractivity contribution in [2.24, 2.45) is 5.92 Å². The van der Waals surface area contributed by atoms with Gasteiger partial charge in [-0.15, -0.1) is 0 Å². The normalized spacial score (nSPS) is 26.3. The third kappa shape index (κ3) is 2.81. The summed E-state index contributed by atoms with van der Waals surface area (Å²) in [6.45, 7) is 5.03. The number of aryl methyl sites for hydroxylation is 1. The third-order valence-corrected chi connectivity index (χ3v) is 4.43. The highest BCUT2D eigenvalue weighted by Crippen LogP contribution is 2.25. The van der Waals surface area contributed by atoms with Gasteiger partial charge in [-0.3, -0.25) is 4.79 Å². The summed E-state index contributed by atoms with van der Waals surface area (Å²) in [5, 5.41) is 3.54. The molecule has 2 heterocycles. The summed E-state index contributed by atoms with van der Waals surface area (Å²) in [7, 11) is 0. The predicted molar refractivity (Wildman–Crippen MR) is 76.0 cm³/mol. The minimum Gasteiger partial charge on any atom is -0.341 e. The van der Waals surface area contributed by atoms with Gasteiger partial charge in [-0.2, -0.15) is 0 Å². The average molecular weight is 258 g/mol. The third-order valence-electron chi connectivity index (χ3n) is 4.43. The maximum Gasteiger partial charge on any atom is 0.227 e. The fraction of sp³-hybridized carbons (Fsp3) is 0.562. The molecule has 0 radical (unpaired) electrons. The van der Waals surface area contributed by atoms with Crippen LogP contribution in [-0.2, 0) is 11.2 Å². The summed E-state index contributed by atoms with van der Waals surface area (Å²) in [6, 6.07) is 8.82. The van der Waals surface area contributed by atoms with E-state index in [1.165, 1.54) is 18.4 Å². The van der Waals surface area contributed by atoms with Crippen LogP contribution in [0.1, 0.15) is 24.0 Å². The molecule has 2 atom stereocenters. The van der Waals surface area contributed by atoms with Crippen LogP contribution in [-0.4, -0.2) is 36.5 Å². The lowest BCUT2D eigenvalue weighted by molar-refractivity contribution is -0.129. The van der Waals surface area contributed by atoms with E-state index < -0.39 is 0 Å². The van der Waals surface area contributed by atoms with Crippen molar-refractivity contribution in [1.82, 2.24) is 10.2 Å². The Bertz CT molecular complexity index is 440. The Labute approximate surface area is 115 Å². The fourth-order valence-corrected chi connectivity index (χ4v) is 3.24. The van der Waals surface area contributed by atoms with E-state index in [1.807, 2.05) is 4.90 Å². The number of fused-ring (bicyclic) bond motifs is 1. The minimum atomic E-state index is 0.278. The molecule has 0 unspecified atom stereocenters. The van der Waals surface area contributed by atoms with Gasteiger partial charge in [0.1, 0.15) is 0 Å². The molecule has 2 aliphatic rings. The maximum atomic E-state index is 12.3. The quantitative estimate of drug-likeness (QED) is 0.876. The van der Waals surface area contributed by atoms with Crippen LogP contribution >= 0.6 is 0 Å². The Balaban J connectivity index is 1.60. The smallest absolute Gasteiger partial charge is 0.227 e. The zero-order valence-electron chi connectivity index (χ0n) is 11.6. The first-order valence-corrected chi connectivity index (χ1v) is 7.29. The van der Waals surface area contributed by atoms with Crippen molar-refractivity contribution in [2.75, 3.05) is 19.6 Å². The second kappa shape index (κ2) is 5.33. The van der Waals surface area contributed by atoms with Gasteiger partial charge in [0.05, 0.1) is 6.42 Å². The molecule has 2 saturated heterocycles. The predicted octanol–water partition coefficient (Wildman–Crippen LogP) is 1.75. The van der Waals surface area contributed by atoms with Crippen molar-refractivity contribution in [1.29, 1.82) is 0 Å². The van der Waals surface area contributed by atoms with Gasteiger partial charge in [-0.1, -0.05) is 29.8 Å². The number of nitrogens with one attached hydrogen (secondary N) is 1. The topological polar surface area (TPSA) is 32.3 Å². The maximum absolute atomic E-state index is 12.3. The molecule has 1 N–H and O–H groups in total. The summed E-state index contributed by atoms with van der Waals surface area (Å²) < 4.78 is 0. The average Bonchev–Trinajstić information content (AvgIpc) is 2.85. The van der Waals surface area contributed by atoms with Crippen molar-refractivity contribution in [3.05, 3.63) is 35.4 Å². The van der Waals surface area contributed by atoms with E-state index in [4.69, 9.17) is 0 Å². The highest BCUT2D eigenvalue weighted by atomic mass is 16.2. The van der Waals surface area contributed by atoms with Gasteiger partial charge >= 0.3 is 0 Å².